The van der Waals surface area contributed by atoms with E-state index >= 15 is 0 Å². The lowest BCUT2D eigenvalue weighted by molar-refractivity contribution is -0.114. The summed E-state index contributed by atoms with van der Waals surface area (Å²) in [5.74, 6) is -0.775. The molecular weight excluding hydrogens is 463 g/mol. The van der Waals surface area contributed by atoms with Crippen molar-refractivity contribution in [2.45, 2.75) is 6.54 Å². The van der Waals surface area contributed by atoms with E-state index in [0.717, 1.165) is 27.6 Å². The van der Waals surface area contributed by atoms with E-state index < -0.39 is 5.91 Å². The van der Waals surface area contributed by atoms with Gasteiger partial charge in [0.2, 0.25) is 5.17 Å². The fourth-order valence-electron chi connectivity index (χ4n) is 4.07. The van der Waals surface area contributed by atoms with E-state index in [2.05, 4.69) is 15.1 Å². The van der Waals surface area contributed by atoms with Crippen molar-refractivity contribution in [1.82, 2.24) is 14.6 Å². The Bertz CT molecular complexity index is 1590. The molecule has 0 spiro atoms. The van der Waals surface area contributed by atoms with Gasteiger partial charge in [0, 0.05) is 47.2 Å². The van der Waals surface area contributed by atoms with Gasteiger partial charge < -0.3 is 4.57 Å². The number of amidine groups is 2. The van der Waals surface area contributed by atoms with Crippen LogP contribution in [-0.2, 0) is 11.3 Å². The van der Waals surface area contributed by atoms with E-state index in [1.165, 1.54) is 28.9 Å². The Kier molecular flexibility index (Phi) is 5.11. The first kappa shape index (κ1) is 21.2. The molecule has 0 bridgehead atoms. The number of carbonyl (C=O) groups is 1. The first-order chi connectivity index (χ1) is 17.1. The molecule has 2 aliphatic heterocycles. The standard InChI is InChI=1S/C26H17FN6OS/c27-19-7-5-16(6-8-19)14-32-15-18(20-3-1-2-4-22(20)32)13-21-23(28)33-26(30-24(21)34)35-25(31-33)17-9-11-29-12-10-17/h1-13,15,28H,14H2. The normalized spacial score (nSPS) is 16.6. The predicted octanol–water partition coefficient (Wildman–Crippen LogP) is 4.89. The van der Waals surface area contributed by atoms with E-state index in [9.17, 15) is 9.18 Å². The largest absolute Gasteiger partial charge is 0.342 e. The van der Waals surface area contributed by atoms with E-state index in [1.807, 2.05) is 47.2 Å². The topological polar surface area (TPSA) is 86.7 Å². The minimum Gasteiger partial charge on any atom is -0.342 e. The lowest BCUT2D eigenvalue weighted by Crippen LogP contribution is -2.35. The van der Waals surface area contributed by atoms with Crippen molar-refractivity contribution in [2.75, 3.05) is 0 Å². The summed E-state index contributed by atoms with van der Waals surface area (Å²) in [6, 6.07) is 17.9. The van der Waals surface area contributed by atoms with Gasteiger partial charge >= 0.3 is 0 Å². The van der Waals surface area contributed by atoms with Crippen LogP contribution < -0.4 is 0 Å². The molecule has 1 N–H and O–H groups in total. The maximum absolute atomic E-state index is 13.3. The molecule has 4 heterocycles. The number of hydrogen-bond donors (Lipinski definition) is 1. The molecule has 35 heavy (non-hydrogen) atoms. The van der Waals surface area contributed by atoms with Gasteiger partial charge in [-0.3, -0.25) is 15.2 Å². The van der Waals surface area contributed by atoms with Crippen LogP contribution in [0.3, 0.4) is 0 Å². The minimum atomic E-state index is -0.477. The molecule has 4 aromatic rings. The minimum absolute atomic E-state index is 0.0214. The lowest BCUT2D eigenvalue weighted by Gasteiger charge is -2.20. The number of nitrogens with zero attached hydrogens (tertiary/aromatic N) is 5. The summed E-state index contributed by atoms with van der Waals surface area (Å²) < 4.78 is 15.4. The number of hydrazone groups is 1. The molecule has 0 saturated carbocycles. The number of rotatable bonds is 4. The van der Waals surface area contributed by atoms with Gasteiger partial charge in [0.15, 0.2) is 5.84 Å². The molecule has 6 rings (SSSR count). The summed E-state index contributed by atoms with van der Waals surface area (Å²) in [4.78, 5) is 21.1. The molecule has 7 nitrogen and oxygen atoms in total. The number of aromatic nitrogens is 2. The highest BCUT2D eigenvalue weighted by Gasteiger charge is 2.36. The molecule has 1 amide bonds. The summed E-state index contributed by atoms with van der Waals surface area (Å²) in [7, 11) is 0. The van der Waals surface area contributed by atoms with E-state index in [4.69, 9.17) is 5.41 Å². The van der Waals surface area contributed by atoms with Crippen LogP contribution in [0.25, 0.3) is 17.0 Å². The highest BCUT2D eigenvalue weighted by atomic mass is 32.2. The number of amides is 1. The van der Waals surface area contributed by atoms with Gasteiger partial charge in [0.1, 0.15) is 10.9 Å². The number of pyridine rings is 1. The second-order valence-corrected chi connectivity index (χ2v) is 8.97. The van der Waals surface area contributed by atoms with Crippen LogP contribution in [0.1, 0.15) is 16.7 Å². The predicted molar refractivity (Wildman–Crippen MR) is 136 cm³/mol. The van der Waals surface area contributed by atoms with Crippen molar-refractivity contribution in [3.8, 4) is 0 Å². The van der Waals surface area contributed by atoms with E-state index in [1.54, 1.807) is 30.6 Å². The second kappa shape index (κ2) is 8.44. The third-order valence-electron chi connectivity index (χ3n) is 5.77. The Labute approximate surface area is 203 Å². The molecule has 170 valence electrons. The summed E-state index contributed by atoms with van der Waals surface area (Å²) in [6.45, 7) is 0.542. The van der Waals surface area contributed by atoms with Gasteiger partial charge in [-0.25, -0.2) is 4.39 Å². The van der Waals surface area contributed by atoms with Gasteiger partial charge in [-0.1, -0.05) is 30.3 Å². The zero-order valence-electron chi connectivity index (χ0n) is 18.2. The average Bonchev–Trinajstić information content (AvgIpc) is 3.46. The fraction of sp³-hybridized carbons (Fsp3) is 0.0385. The van der Waals surface area contributed by atoms with Crippen molar-refractivity contribution < 1.29 is 9.18 Å². The molecule has 0 atom stereocenters. The smallest absolute Gasteiger partial charge is 0.283 e. The van der Waals surface area contributed by atoms with Gasteiger partial charge in [-0.2, -0.15) is 15.1 Å². The molecule has 0 aliphatic carbocycles. The summed E-state index contributed by atoms with van der Waals surface area (Å²) in [5, 5.41) is 16.6. The zero-order chi connectivity index (χ0) is 23.9. The van der Waals surface area contributed by atoms with E-state index in [-0.39, 0.29) is 17.2 Å². The Morgan fingerprint density at radius 2 is 1.80 bits per heavy atom. The molecule has 0 fully saturated rings. The summed E-state index contributed by atoms with van der Waals surface area (Å²) in [5.41, 5.74) is 3.72. The molecule has 2 aromatic heterocycles. The zero-order valence-corrected chi connectivity index (χ0v) is 19.0. The van der Waals surface area contributed by atoms with Gasteiger partial charge in [0.25, 0.3) is 5.91 Å². The third kappa shape index (κ3) is 3.85. The molecule has 9 heteroatoms. The van der Waals surface area contributed by atoms with Crippen LogP contribution in [0.2, 0.25) is 0 Å². The first-order valence-corrected chi connectivity index (χ1v) is 11.6. The molecular formula is C26H17FN6OS. The highest BCUT2D eigenvalue weighted by molar-refractivity contribution is 8.27. The maximum atomic E-state index is 13.3. The van der Waals surface area contributed by atoms with Crippen LogP contribution in [0.5, 0.6) is 0 Å². The molecule has 2 aliphatic rings. The number of hydrogen-bond acceptors (Lipinski definition) is 5. The van der Waals surface area contributed by atoms with Crippen LogP contribution in [0, 0.1) is 11.2 Å². The Hall–Kier alpha value is -4.37. The second-order valence-electron chi connectivity index (χ2n) is 8.02. The van der Waals surface area contributed by atoms with Crippen LogP contribution in [0.15, 0.2) is 94.9 Å². The maximum Gasteiger partial charge on any atom is 0.283 e. The Morgan fingerprint density at radius 1 is 1.03 bits per heavy atom. The molecule has 2 aromatic carbocycles. The van der Waals surface area contributed by atoms with Crippen LogP contribution >= 0.6 is 11.8 Å². The summed E-state index contributed by atoms with van der Waals surface area (Å²) in [6.07, 6.45) is 6.96. The quantitative estimate of drug-likeness (QED) is 0.422. The van der Waals surface area contributed by atoms with Gasteiger partial charge in [0.05, 0.1) is 5.57 Å². The highest BCUT2D eigenvalue weighted by Crippen LogP contribution is 2.32. The number of carbonyl (C=O) groups excluding carboxylic acids is 1. The Balaban J connectivity index is 1.37. The van der Waals surface area contributed by atoms with Crippen LogP contribution in [0.4, 0.5) is 4.39 Å². The van der Waals surface area contributed by atoms with Gasteiger partial charge in [-0.05, 0) is 53.7 Å². The van der Waals surface area contributed by atoms with Crippen molar-refractivity contribution in [1.29, 1.82) is 5.41 Å². The van der Waals surface area contributed by atoms with Crippen molar-refractivity contribution in [3.63, 3.8) is 0 Å². The van der Waals surface area contributed by atoms with Crippen molar-refractivity contribution >= 4 is 50.7 Å². The number of thioether (sulfide) groups is 1. The molecule has 0 radical (unpaired) electrons. The number of benzene rings is 2. The molecule has 0 saturated heterocycles. The van der Waals surface area contributed by atoms with Crippen LogP contribution in [-0.4, -0.2) is 36.5 Å². The lowest BCUT2D eigenvalue weighted by atomic mass is 10.1. The number of para-hydroxylation sites is 1. The number of halogens is 1. The van der Waals surface area contributed by atoms with E-state index in [0.29, 0.717) is 16.8 Å². The fourth-order valence-corrected chi connectivity index (χ4v) is 4.96. The first-order valence-electron chi connectivity index (χ1n) is 10.8. The Morgan fingerprint density at radius 3 is 2.60 bits per heavy atom. The van der Waals surface area contributed by atoms with Crippen molar-refractivity contribution in [2.24, 2.45) is 10.1 Å². The van der Waals surface area contributed by atoms with Gasteiger partial charge in [-0.15, -0.1) is 0 Å². The SMILES string of the molecule is N=C1C(=Cc2cn(Cc3ccc(F)cc3)c3ccccc23)C(=O)N=C2SC(c3ccncc3)=NN12. The summed E-state index contributed by atoms with van der Waals surface area (Å²) >= 11 is 1.25. The number of nitrogens with one attached hydrogen (secondary N) is 1. The third-order valence-corrected chi connectivity index (χ3v) is 6.72. The number of aliphatic imine (C=N–C) groups is 1. The van der Waals surface area contributed by atoms with Crippen molar-refractivity contribution in [3.05, 3.63) is 107 Å². The molecule has 0 unspecified atom stereocenters. The number of fused-ring (bicyclic) bond motifs is 2. The average molecular weight is 481 g/mol. The monoisotopic (exact) mass is 480 g/mol.